The molecular weight excluding hydrogens is 329 g/mol. The van der Waals surface area contributed by atoms with E-state index in [4.69, 9.17) is 17.3 Å². The largest absolute Gasteiger partial charge is 0.366 e. The van der Waals surface area contributed by atoms with Crippen molar-refractivity contribution in [3.63, 3.8) is 0 Å². The first-order valence-corrected chi connectivity index (χ1v) is 7.48. The van der Waals surface area contributed by atoms with Crippen molar-refractivity contribution in [2.24, 2.45) is 5.73 Å². The number of pyridine rings is 1. The molecule has 1 heterocycles. The number of aromatic nitrogens is 1. The number of carbonyl (C=O) groups is 1. The van der Waals surface area contributed by atoms with E-state index < -0.39 is 11.7 Å². The Hall–Kier alpha value is -2.92. The van der Waals surface area contributed by atoms with Crippen molar-refractivity contribution >= 4 is 28.9 Å². The summed E-state index contributed by atoms with van der Waals surface area (Å²) >= 11 is 5.78. The van der Waals surface area contributed by atoms with Gasteiger partial charge in [0.2, 0.25) is 5.91 Å². The molecule has 3 aromatic rings. The number of rotatable bonds is 4. The summed E-state index contributed by atoms with van der Waals surface area (Å²) in [6, 6.07) is 13.2. The van der Waals surface area contributed by atoms with Gasteiger partial charge in [-0.2, -0.15) is 0 Å². The van der Waals surface area contributed by atoms with Crippen molar-refractivity contribution in [1.82, 2.24) is 4.98 Å². The van der Waals surface area contributed by atoms with E-state index >= 15 is 0 Å². The Bertz CT molecular complexity index is 914. The number of primary amides is 1. The zero-order valence-corrected chi connectivity index (χ0v) is 13.2. The van der Waals surface area contributed by atoms with Gasteiger partial charge in [0.05, 0.1) is 16.9 Å². The Morgan fingerprint density at radius 3 is 2.62 bits per heavy atom. The summed E-state index contributed by atoms with van der Waals surface area (Å²) in [6.45, 7) is 0. The molecule has 0 radical (unpaired) electrons. The molecule has 3 rings (SSSR count). The SMILES string of the molecule is NC(=O)c1cccc(-c2cncc(Nc3ccc(F)c(Cl)c3)c2)c1. The van der Waals surface area contributed by atoms with Crippen LogP contribution in [0, 0.1) is 5.82 Å². The molecule has 0 aliphatic carbocycles. The van der Waals surface area contributed by atoms with Crippen LogP contribution in [0.5, 0.6) is 0 Å². The standard InChI is InChI=1S/C18H13ClFN3O/c19-16-8-14(4-5-17(16)20)23-15-7-13(9-22-10-15)11-2-1-3-12(6-11)18(21)24/h1-10,23H,(H2,21,24). The normalized spacial score (nSPS) is 10.4. The fourth-order valence-corrected chi connectivity index (χ4v) is 2.44. The van der Waals surface area contributed by atoms with E-state index in [1.807, 2.05) is 12.1 Å². The van der Waals surface area contributed by atoms with E-state index in [2.05, 4.69) is 10.3 Å². The second-order valence-corrected chi connectivity index (χ2v) is 5.57. The molecule has 0 saturated carbocycles. The van der Waals surface area contributed by atoms with Gasteiger partial charge in [-0.3, -0.25) is 9.78 Å². The molecule has 1 aromatic heterocycles. The number of nitrogens with one attached hydrogen (secondary N) is 1. The number of amides is 1. The van der Waals surface area contributed by atoms with Crippen molar-refractivity contribution in [2.45, 2.75) is 0 Å². The van der Waals surface area contributed by atoms with Crippen LogP contribution in [0.1, 0.15) is 10.4 Å². The van der Waals surface area contributed by atoms with Crippen LogP contribution in [0.3, 0.4) is 0 Å². The van der Waals surface area contributed by atoms with Gasteiger partial charge in [0, 0.05) is 23.0 Å². The van der Waals surface area contributed by atoms with Crippen LogP contribution >= 0.6 is 11.6 Å². The van der Waals surface area contributed by atoms with Gasteiger partial charge in [-0.05, 0) is 42.0 Å². The summed E-state index contributed by atoms with van der Waals surface area (Å²) in [5.41, 5.74) is 8.72. The summed E-state index contributed by atoms with van der Waals surface area (Å²) in [7, 11) is 0. The number of hydrogen-bond donors (Lipinski definition) is 2. The van der Waals surface area contributed by atoms with Gasteiger partial charge in [-0.25, -0.2) is 4.39 Å². The lowest BCUT2D eigenvalue weighted by molar-refractivity contribution is 0.100. The van der Waals surface area contributed by atoms with Crippen LogP contribution in [0.2, 0.25) is 5.02 Å². The molecule has 3 N–H and O–H groups in total. The van der Waals surface area contributed by atoms with E-state index in [0.29, 0.717) is 16.9 Å². The minimum absolute atomic E-state index is 0.0401. The number of carbonyl (C=O) groups excluding carboxylic acids is 1. The monoisotopic (exact) mass is 341 g/mol. The molecule has 0 atom stereocenters. The van der Waals surface area contributed by atoms with Crippen molar-refractivity contribution in [2.75, 3.05) is 5.32 Å². The Labute approximate surface area is 143 Å². The summed E-state index contributed by atoms with van der Waals surface area (Å²) in [5.74, 6) is -0.961. The zero-order chi connectivity index (χ0) is 17.1. The first-order chi connectivity index (χ1) is 11.5. The number of halogens is 2. The van der Waals surface area contributed by atoms with Gasteiger partial charge in [-0.1, -0.05) is 23.7 Å². The van der Waals surface area contributed by atoms with Crippen molar-refractivity contribution in [3.8, 4) is 11.1 Å². The third-order valence-electron chi connectivity index (χ3n) is 3.43. The molecule has 0 bridgehead atoms. The van der Waals surface area contributed by atoms with Gasteiger partial charge in [0.25, 0.3) is 0 Å². The molecule has 0 saturated heterocycles. The van der Waals surface area contributed by atoms with Gasteiger partial charge < -0.3 is 11.1 Å². The maximum atomic E-state index is 13.2. The van der Waals surface area contributed by atoms with Gasteiger partial charge >= 0.3 is 0 Å². The van der Waals surface area contributed by atoms with E-state index in [1.165, 1.54) is 12.1 Å². The predicted molar refractivity (Wildman–Crippen MR) is 92.9 cm³/mol. The average molecular weight is 342 g/mol. The second-order valence-electron chi connectivity index (χ2n) is 5.16. The number of nitrogens with zero attached hydrogens (tertiary/aromatic N) is 1. The highest BCUT2D eigenvalue weighted by atomic mass is 35.5. The maximum absolute atomic E-state index is 13.2. The maximum Gasteiger partial charge on any atom is 0.248 e. The molecule has 2 aromatic carbocycles. The average Bonchev–Trinajstić information content (AvgIpc) is 2.58. The van der Waals surface area contributed by atoms with Gasteiger partial charge in [0.15, 0.2) is 0 Å². The lowest BCUT2D eigenvalue weighted by atomic mass is 10.0. The molecule has 0 unspecified atom stereocenters. The Kier molecular flexibility index (Phi) is 4.44. The van der Waals surface area contributed by atoms with E-state index in [1.54, 1.807) is 36.7 Å². The molecule has 0 aliphatic heterocycles. The fourth-order valence-electron chi connectivity index (χ4n) is 2.26. The van der Waals surface area contributed by atoms with Crippen LogP contribution in [0.4, 0.5) is 15.8 Å². The molecule has 6 heteroatoms. The summed E-state index contributed by atoms with van der Waals surface area (Å²) in [5, 5.41) is 3.15. The second kappa shape index (κ2) is 6.68. The quantitative estimate of drug-likeness (QED) is 0.739. The lowest BCUT2D eigenvalue weighted by Crippen LogP contribution is -2.10. The molecular formula is C18H13ClFN3O. The van der Waals surface area contributed by atoms with Gasteiger partial charge in [-0.15, -0.1) is 0 Å². The van der Waals surface area contributed by atoms with E-state index in [9.17, 15) is 9.18 Å². The van der Waals surface area contributed by atoms with Crippen LogP contribution in [-0.2, 0) is 0 Å². The zero-order valence-electron chi connectivity index (χ0n) is 12.5. The highest BCUT2D eigenvalue weighted by molar-refractivity contribution is 6.31. The highest BCUT2D eigenvalue weighted by Crippen LogP contribution is 2.26. The topological polar surface area (TPSA) is 68.0 Å². The first kappa shape index (κ1) is 16.0. The van der Waals surface area contributed by atoms with Crippen molar-refractivity contribution < 1.29 is 9.18 Å². The Balaban J connectivity index is 1.90. The first-order valence-electron chi connectivity index (χ1n) is 7.10. The van der Waals surface area contributed by atoms with Crippen LogP contribution < -0.4 is 11.1 Å². The molecule has 120 valence electrons. The Morgan fingerprint density at radius 1 is 1.04 bits per heavy atom. The fraction of sp³-hybridized carbons (Fsp3) is 0. The minimum Gasteiger partial charge on any atom is -0.366 e. The van der Waals surface area contributed by atoms with E-state index in [-0.39, 0.29) is 5.02 Å². The summed E-state index contributed by atoms with van der Waals surface area (Å²) in [6.07, 6.45) is 3.32. The molecule has 0 spiro atoms. The third-order valence-corrected chi connectivity index (χ3v) is 3.72. The van der Waals surface area contributed by atoms with Crippen LogP contribution in [0.15, 0.2) is 60.9 Å². The molecule has 1 amide bonds. The molecule has 0 aliphatic rings. The van der Waals surface area contributed by atoms with Crippen molar-refractivity contribution in [3.05, 3.63) is 77.3 Å². The Morgan fingerprint density at radius 2 is 1.88 bits per heavy atom. The molecule has 24 heavy (non-hydrogen) atoms. The van der Waals surface area contributed by atoms with E-state index in [0.717, 1.165) is 11.1 Å². The molecule has 0 fully saturated rings. The minimum atomic E-state index is -0.486. The number of hydrogen-bond acceptors (Lipinski definition) is 3. The lowest BCUT2D eigenvalue weighted by Gasteiger charge is -2.09. The third kappa shape index (κ3) is 3.52. The predicted octanol–water partition coefficient (Wildman–Crippen LogP) is 4.38. The van der Waals surface area contributed by atoms with Crippen molar-refractivity contribution in [1.29, 1.82) is 0 Å². The number of nitrogens with two attached hydrogens (primary N) is 1. The number of benzene rings is 2. The molecule has 4 nitrogen and oxygen atoms in total. The smallest absolute Gasteiger partial charge is 0.248 e. The van der Waals surface area contributed by atoms with Gasteiger partial charge in [0.1, 0.15) is 5.82 Å². The summed E-state index contributed by atoms with van der Waals surface area (Å²) in [4.78, 5) is 15.5. The number of anilines is 2. The van der Waals surface area contributed by atoms with Crippen LogP contribution in [-0.4, -0.2) is 10.9 Å². The van der Waals surface area contributed by atoms with Crippen LogP contribution in [0.25, 0.3) is 11.1 Å². The highest BCUT2D eigenvalue weighted by Gasteiger charge is 2.06. The summed E-state index contributed by atoms with van der Waals surface area (Å²) < 4.78 is 13.2.